The van der Waals surface area contributed by atoms with Crippen LogP contribution in [0.1, 0.15) is 132 Å². The summed E-state index contributed by atoms with van der Waals surface area (Å²) in [6, 6.07) is 91.4. The molecule has 12 aromatic carbocycles. The van der Waals surface area contributed by atoms with Gasteiger partial charge in [-0.3, -0.25) is 0 Å². The number of hydrogen-bond acceptors (Lipinski definition) is 4. The summed E-state index contributed by atoms with van der Waals surface area (Å²) in [4.78, 5) is 7.82. The molecular weight excluding hydrogens is 1140 g/mol. The van der Waals surface area contributed by atoms with Crippen molar-refractivity contribution in [2.75, 3.05) is 14.7 Å². The minimum absolute atomic E-state index is 0.0353. The maximum absolute atomic E-state index is 2.68. The molecule has 0 fully saturated rings. The van der Waals surface area contributed by atoms with Crippen molar-refractivity contribution >= 4 is 127 Å². The molecule has 0 atom stereocenters. The lowest BCUT2D eigenvalue weighted by molar-refractivity contribution is 0.569. The molecule has 0 bridgehead atoms. The van der Waals surface area contributed by atoms with E-state index in [9.17, 15) is 0 Å². The van der Waals surface area contributed by atoms with Crippen LogP contribution in [0.5, 0.6) is 0 Å². The molecule has 93 heavy (non-hydrogen) atoms. The Bertz CT molecular complexity index is 5010. The van der Waals surface area contributed by atoms with Crippen LogP contribution in [0.25, 0.3) is 64.7 Å². The first-order chi connectivity index (χ1) is 44.3. The van der Waals surface area contributed by atoms with Crippen molar-refractivity contribution in [1.29, 1.82) is 0 Å². The van der Waals surface area contributed by atoms with Crippen molar-refractivity contribution in [3.63, 3.8) is 0 Å². The summed E-state index contributed by atoms with van der Waals surface area (Å²) in [7, 11) is 0. The van der Waals surface area contributed by atoms with Gasteiger partial charge in [-0.1, -0.05) is 256 Å². The second kappa shape index (κ2) is 21.7. The first-order valence-electron chi connectivity index (χ1n) is 33.4. The summed E-state index contributed by atoms with van der Waals surface area (Å²) in [5.74, 6) is 0. The predicted octanol–water partition coefficient (Wildman–Crippen LogP) is 23.7. The summed E-state index contributed by atoms with van der Waals surface area (Å²) < 4.78 is 2.65. The van der Waals surface area contributed by atoms with Crippen LogP contribution >= 0.6 is 11.3 Å². The number of thiophene rings is 1. The Hall–Kier alpha value is -9.16. The van der Waals surface area contributed by atoms with E-state index < -0.39 is 0 Å². The second-order valence-electron chi connectivity index (χ2n) is 31.5. The average Bonchev–Trinajstić information content (AvgIpc) is 1.68. The van der Waals surface area contributed by atoms with Crippen LogP contribution in [0.4, 0.5) is 51.2 Å². The molecule has 2 aliphatic rings. The molecule has 3 heterocycles. The molecule has 15 rings (SSSR count). The lowest BCUT2D eigenvalue weighted by Crippen LogP contribution is -2.60. The molecule has 0 spiro atoms. The summed E-state index contributed by atoms with van der Waals surface area (Å²) in [5.41, 5.74) is 23.9. The zero-order chi connectivity index (χ0) is 64.8. The van der Waals surface area contributed by atoms with E-state index in [0.717, 1.165) is 34.1 Å². The molecule has 3 nitrogen and oxygen atoms in total. The van der Waals surface area contributed by atoms with Crippen LogP contribution < -0.4 is 30.4 Å². The van der Waals surface area contributed by atoms with E-state index in [4.69, 9.17) is 0 Å². The van der Waals surface area contributed by atoms with E-state index in [1.807, 2.05) is 11.3 Å². The van der Waals surface area contributed by atoms with E-state index in [1.54, 1.807) is 0 Å². The zero-order valence-electron chi connectivity index (χ0n) is 56.8. The minimum Gasteiger partial charge on any atom is -0.311 e. The standard InChI is InChI=1S/C88H84BN3S/c1-84(2,3)58-36-40-65(41-37-58)91-78-53-66(90(63-26-18-16-19-27-63)64-28-20-17-21-29-64)54-79-81(78)89(83-82(91)74-52-60(86(7,8)9)39-45-80(74)93-83)75-49-55(57-46-61(87(10,11)12)50-62(47-57)88(13,14)15)35-43-77(75)92(79)76-44-38-59(85(4,5)6)51-72(76)56-34-42-71-69-32-23-22-30-67(69)68-31-24-25-33-70(68)73(71)48-56/h16-54H,1-15H3. The third-order valence-electron chi connectivity index (χ3n) is 19.9. The third kappa shape index (κ3) is 10.3. The lowest BCUT2D eigenvalue weighted by atomic mass is 9.36. The van der Waals surface area contributed by atoms with Crippen LogP contribution in [-0.2, 0) is 27.1 Å². The highest BCUT2D eigenvalue weighted by Crippen LogP contribution is 2.54. The Balaban J connectivity index is 1.10. The van der Waals surface area contributed by atoms with Crippen LogP contribution in [0, 0.1) is 0 Å². The van der Waals surface area contributed by atoms with Gasteiger partial charge in [-0.25, -0.2) is 0 Å². The fourth-order valence-electron chi connectivity index (χ4n) is 14.7. The molecule has 2 aliphatic heterocycles. The van der Waals surface area contributed by atoms with Crippen molar-refractivity contribution in [3.05, 3.63) is 264 Å². The van der Waals surface area contributed by atoms with Crippen molar-refractivity contribution < 1.29 is 0 Å². The van der Waals surface area contributed by atoms with Gasteiger partial charge in [0.2, 0.25) is 0 Å². The number of anilines is 9. The topological polar surface area (TPSA) is 9.72 Å². The Kier molecular flexibility index (Phi) is 14.0. The van der Waals surface area contributed by atoms with Crippen LogP contribution in [0.2, 0.25) is 0 Å². The highest BCUT2D eigenvalue weighted by atomic mass is 32.1. The molecule has 13 aromatic rings. The van der Waals surface area contributed by atoms with Gasteiger partial charge in [0.1, 0.15) is 0 Å². The highest BCUT2D eigenvalue weighted by molar-refractivity contribution is 7.33. The first kappa shape index (κ1) is 60.1. The number of hydrogen-bond donors (Lipinski definition) is 0. The maximum atomic E-state index is 2.68. The fourth-order valence-corrected chi connectivity index (χ4v) is 15.9. The summed E-state index contributed by atoms with van der Waals surface area (Å²) in [6.07, 6.45) is 0. The normalized spacial score (nSPS) is 13.5. The van der Waals surface area contributed by atoms with E-state index in [2.05, 4.69) is 355 Å². The molecule has 0 aliphatic carbocycles. The molecule has 5 heteroatoms. The van der Waals surface area contributed by atoms with E-state index >= 15 is 0 Å². The molecule has 0 N–H and O–H groups in total. The minimum atomic E-state index is -0.141. The lowest BCUT2D eigenvalue weighted by Gasteiger charge is -2.44. The molecule has 1 aromatic heterocycles. The summed E-state index contributed by atoms with van der Waals surface area (Å²) in [5, 5.41) is 8.89. The maximum Gasteiger partial charge on any atom is 0.264 e. The van der Waals surface area contributed by atoms with Gasteiger partial charge in [-0.2, -0.15) is 0 Å². The van der Waals surface area contributed by atoms with E-state index in [0.29, 0.717) is 0 Å². The van der Waals surface area contributed by atoms with Gasteiger partial charge in [0.05, 0.1) is 17.1 Å². The number of fused-ring (bicyclic) bond motifs is 12. The summed E-state index contributed by atoms with van der Waals surface area (Å²) in [6.45, 7) is 35.1. The molecule has 0 saturated heterocycles. The van der Waals surface area contributed by atoms with E-state index in [-0.39, 0.29) is 33.8 Å². The monoisotopic (exact) mass is 1230 g/mol. The summed E-state index contributed by atoms with van der Waals surface area (Å²) >= 11 is 1.98. The van der Waals surface area contributed by atoms with Crippen LogP contribution in [0.15, 0.2) is 237 Å². The van der Waals surface area contributed by atoms with Gasteiger partial charge in [-0.05, 0) is 200 Å². The molecule has 0 saturated carbocycles. The predicted molar refractivity (Wildman–Crippen MR) is 407 cm³/mol. The second-order valence-corrected chi connectivity index (χ2v) is 32.6. The Morgan fingerprint density at radius 3 is 1.34 bits per heavy atom. The highest BCUT2D eigenvalue weighted by Gasteiger charge is 2.47. The Morgan fingerprint density at radius 2 is 0.785 bits per heavy atom. The van der Waals surface area contributed by atoms with Gasteiger partial charge in [0.15, 0.2) is 0 Å². The average molecular weight is 1230 g/mol. The van der Waals surface area contributed by atoms with Crippen LogP contribution in [-0.4, -0.2) is 6.71 Å². The largest absolute Gasteiger partial charge is 0.311 e. The number of benzene rings is 12. The van der Waals surface area contributed by atoms with E-state index in [1.165, 1.54) is 125 Å². The molecule has 0 unspecified atom stereocenters. The van der Waals surface area contributed by atoms with Gasteiger partial charge < -0.3 is 14.7 Å². The van der Waals surface area contributed by atoms with Gasteiger partial charge in [0, 0.05) is 54.6 Å². The van der Waals surface area contributed by atoms with Gasteiger partial charge in [0.25, 0.3) is 6.71 Å². The van der Waals surface area contributed by atoms with Gasteiger partial charge >= 0.3 is 0 Å². The number of nitrogens with zero attached hydrogens (tertiary/aromatic N) is 3. The Labute approximate surface area is 556 Å². The van der Waals surface area contributed by atoms with Crippen molar-refractivity contribution in [2.45, 2.75) is 131 Å². The molecule has 0 amide bonds. The van der Waals surface area contributed by atoms with Crippen molar-refractivity contribution in [3.8, 4) is 22.3 Å². The van der Waals surface area contributed by atoms with Crippen LogP contribution in [0.3, 0.4) is 0 Å². The van der Waals surface area contributed by atoms with Crippen molar-refractivity contribution in [2.24, 2.45) is 0 Å². The Morgan fingerprint density at radius 1 is 0.312 bits per heavy atom. The SMILES string of the molecule is CC(C)(C)c1ccc(N2c3cc(N(c4ccccc4)c4ccccc4)cc4c3B(c3cc(-c5cc(C(C)(C)C)cc(C(C)(C)C)c5)ccc3N4c3ccc(C(C)(C)C)cc3-c3ccc4c5ccccc5c5ccccc5c4c3)c3sc4ccc(C(C)(C)C)cc4c32)cc1. The quantitative estimate of drug-likeness (QED) is 0.116. The first-order valence-corrected chi connectivity index (χ1v) is 34.2. The molecule has 460 valence electrons. The zero-order valence-corrected chi connectivity index (χ0v) is 57.7. The molecule has 0 radical (unpaired) electrons. The number of para-hydroxylation sites is 2. The fraction of sp³-hybridized carbons (Fsp3) is 0.227. The van der Waals surface area contributed by atoms with Crippen molar-refractivity contribution in [1.82, 2.24) is 0 Å². The molecular formula is C88H84BN3S. The smallest absolute Gasteiger partial charge is 0.264 e. The number of rotatable bonds is 7. The third-order valence-corrected chi connectivity index (χ3v) is 21.2. The van der Waals surface area contributed by atoms with Gasteiger partial charge in [-0.15, -0.1) is 11.3 Å².